The first-order chi connectivity index (χ1) is 19.9. The van der Waals surface area contributed by atoms with E-state index in [1.54, 1.807) is 54.6 Å². The first-order valence-corrected chi connectivity index (χ1v) is 12.9. The molecule has 0 bridgehead atoms. The van der Waals surface area contributed by atoms with Crippen molar-refractivity contribution in [2.24, 2.45) is 0 Å². The van der Waals surface area contributed by atoms with Gasteiger partial charge in [0.05, 0.1) is 29.9 Å². The Labute approximate surface area is 236 Å². The highest BCUT2D eigenvalue weighted by molar-refractivity contribution is 5.92. The average Bonchev–Trinajstić information content (AvgIpc) is 3.59. The van der Waals surface area contributed by atoms with E-state index in [0.29, 0.717) is 16.9 Å². The number of carbonyl (C=O) groups is 3. The third-order valence-electron chi connectivity index (χ3n) is 6.60. The van der Waals surface area contributed by atoms with Crippen molar-refractivity contribution < 1.29 is 47.5 Å². The Bertz CT molecular complexity index is 1380. The van der Waals surface area contributed by atoms with E-state index in [4.69, 9.17) is 33.2 Å². The van der Waals surface area contributed by atoms with Crippen molar-refractivity contribution in [3.05, 3.63) is 102 Å². The zero-order valence-corrected chi connectivity index (χ0v) is 22.2. The summed E-state index contributed by atoms with van der Waals surface area (Å²) in [5, 5.41) is 0. The number of hydrogen-bond acceptors (Lipinski definition) is 10. The van der Waals surface area contributed by atoms with Gasteiger partial charge in [-0.25, -0.2) is 14.4 Å². The Kier molecular flexibility index (Phi) is 8.73. The number of ether oxygens (including phenoxy) is 7. The molecule has 4 atom stereocenters. The molecule has 0 unspecified atom stereocenters. The highest BCUT2D eigenvalue weighted by Gasteiger charge is 2.51. The fraction of sp³-hybridized carbons (Fsp3) is 0.258. The van der Waals surface area contributed by atoms with Gasteiger partial charge in [-0.3, -0.25) is 0 Å². The molecule has 2 aliphatic heterocycles. The standard InChI is InChI=1S/C31H28O10/c1-3-19-4-6-20(7-5-19)29(32)39-24-14-10-22(11-15-24)31(34)41-26-17-37-27-25(16-36-28(26)27)40-30(33)21-8-12-23(13-9-21)38-18-35-2/h3-15,25-28H,1,16-18H2,2H3/t25-,26+,27-,28-/m1/s1. The van der Waals surface area contributed by atoms with Crippen molar-refractivity contribution in [2.75, 3.05) is 27.1 Å². The Morgan fingerprint density at radius 2 is 1.20 bits per heavy atom. The minimum absolute atomic E-state index is 0.0982. The number of methoxy groups -OCH3 is 1. The van der Waals surface area contributed by atoms with E-state index in [1.807, 2.05) is 0 Å². The smallest absolute Gasteiger partial charge is 0.343 e. The second-order valence-corrected chi connectivity index (χ2v) is 9.30. The molecule has 10 heteroatoms. The molecule has 2 aliphatic rings. The highest BCUT2D eigenvalue weighted by atomic mass is 16.7. The van der Waals surface area contributed by atoms with Gasteiger partial charge in [0.15, 0.2) is 19.0 Å². The molecule has 2 saturated heterocycles. The molecule has 0 aromatic heterocycles. The van der Waals surface area contributed by atoms with E-state index >= 15 is 0 Å². The minimum atomic E-state index is -0.676. The predicted octanol–water partition coefficient (Wildman–Crippen LogP) is 4.08. The Morgan fingerprint density at radius 1 is 0.732 bits per heavy atom. The second kappa shape index (κ2) is 12.8. The van der Waals surface area contributed by atoms with Crippen LogP contribution >= 0.6 is 0 Å². The lowest BCUT2D eigenvalue weighted by Gasteiger charge is -2.17. The summed E-state index contributed by atoms with van der Waals surface area (Å²) in [6, 6.07) is 19.3. The minimum Gasteiger partial charge on any atom is -0.468 e. The lowest BCUT2D eigenvalue weighted by molar-refractivity contribution is -0.0287. The SMILES string of the molecule is C=Cc1ccc(C(=O)Oc2ccc(C(=O)O[C@H]3CO[C@H]4[C@@H]3OC[C@H]4OC(=O)c3ccc(OCOC)cc3)cc2)cc1. The van der Waals surface area contributed by atoms with Gasteiger partial charge in [-0.2, -0.15) is 0 Å². The van der Waals surface area contributed by atoms with Gasteiger partial charge < -0.3 is 33.2 Å². The van der Waals surface area contributed by atoms with Crippen LogP contribution in [0.5, 0.6) is 11.5 Å². The maximum absolute atomic E-state index is 12.8. The van der Waals surface area contributed by atoms with Crippen LogP contribution in [0, 0.1) is 0 Å². The van der Waals surface area contributed by atoms with E-state index in [1.165, 1.54) is 31.4 Å². The maximum atomic E-state index is 12.8. The summed E-state index contributed by atoms with van der Waals surface area (Å²) in [6.45, 7) is 3.99. The van der Waals surface area contributed by atoms with Crippen molar-refractivity contribution in [3.8, 4) is 11.5 Å². The van der Waals surface area contributed by atoms with Crippen LogP contribution in [0.4, 0.5) is 0 Å². The van der Waals surface area contributed by atoms with Crippen LogP contribution in [0.3, 0.4) is 0 Å². The molecule has 0 aliphatic carbocycles. The quantitative estimate of drug-likeness (QED) is 0.204. The maximum Gasteiger partial charge on any atom is 0.343 e. The first kappa shape index (κ1) is 28.0. The largest absolute Gasteiger partial charge is 0.468 e. The van der Waals surface area contributed by atoms with Gasteiger partial charge in [0.2, 0.25) is 0 Å². The van der Waals surface area contributed by atoms with Crippen molar-refractivity contribution in [3.63, 3.8) is 0 Å². The summed E-state index contributed by atoms with van der Waals surface area (Å²) in [5.41, 5.74) is 1.89. The lowest BCUT2D eigenvalue weighted by atomic mass is 10.1. The molecule has 3 aromatic carbocycles. The molecule has 2 fully saturated rings. The highest BCUT2D eigenvalue weighted by Crippen LogP contribution is 2.32. The monoisotopic (exact) mass is 560 g/mol. The molecule has 0 amide bonds. The van der Waals surface area contributed by atoms with E-state index in [9.17, 15) is 14.4 Å². The zero-order valence-electron chi connectivity index (χ0n) is 22.2. The van der Waals surface area contributed by atoms with Gasteiger partial charge in [-0.05, 0) is 66.2 Å². The van der Waals surface area contributed by atoms with Gasteiger partial charge in [-0.1, -0.05) is 24.8 Å². The van der Waals surface area contributed by atoms with Crippen LogP contribution in [-0.4, -0.2) is 69.4 Å². The Morgan fingerprint density at radius 3 is 1.68 bits per heavy atom. The van der Waals surface area contributed by atoms with Crippen molar-refractivity contribution in [1.82, 2.24) is 0 Å². The molecule has 0 N–H and O–H groups in total. The number of hydrogen-bond donors (Lipinski definition) is 0. The molecule has 0 spiro atoms. The Hall–Kier alpha value is -4.51. The molecular formula is C31H28O10. The summed E-state index contributed by atoms with van der Waals surface area (Å²) in [5.74, 6) is -0.800. The van der Waals surface area contributed by atoms with Crippen LogP contribution in [0.1, 0.15) is 36.6 Å². The van der Waals surface area contributed by atoms with Gasteiger partial charge in [0.1, 0.15) is 23.7 Å². The summed E-state index contributed by atoms with van der Waals surface area (Å²) < 4.78 is 38.4. The molecule has 2 heterocycles. The summed E-state index contributed by atoms with van der Waals surface area (Å²) in [4.78, 5) is 37.8. The summed E-state index contributed by atoms with van der Waals surface area (Å²) >= 11 is 0. The number of benzene rings is 3. The summed E-state index contributed by atoms with van der Waals surface area (Å²) in [7, 11) is 1.52. The molecule has 0 radical (unpaired) electrons. The van der Waals surface area contributed by atoms with E-state index in [-0.39, 0.29) is 31.3 Å². The lowest BCUT2D eigenvalue weighted by Crippen LogP contribution is -2.36. The zero-order chi connectivity index (χ0) is 28.8. The number of esters is 3. The molecule has 0 saturated carbocycles. The van der Waals surface area contributed by atoms with Gasteiger partial charge in [0, 0.05) is 7.11 Å². The topological polar surface area (TPSA) is 116 Å². The number of fused-ring (bicyclic) bond motifs is 1. The number of rotatable bonds is 10. The van der Waals surface area contributed by atoms with Crippen LogP contribution in [-0.2, 0) is 23.7 Å². The third-order valence-corrected chi connectivity index (χ3v) is 6.60. The summed E-state index contributed by atoms with van der Waals surface area (Å²) in [6.07, 6.45) is -0.788. The molecular weight excluding hydrogens is 532 g/mol. The normalized spacial score (nSPS) is 21.0. The van der Waals surface area contributed by atoms with Crippen LogP contribution in [0.25, 0.3) is 6.08 Å². The van der Waals surface area contributed by atoms with Crippen molar-refractivity contribution in [2.45, 2.75) is 24.4 Å². The van der Waals surface area contributed by atoms with Gasteiger partial charge in [0.25, 0.3) is 0 Å². The van der Waals surface area contributed by atoms with Gasteiger partial charge >= 0.3 is 17.9 Å². The van der Waals surface area contributed by atoms with Crippen molar-refractivity contribution >= 4 is 24.0 Å². The van der Waals surface area contributed by atoms with Gasteiger partial charge in [-0.15, -0.1) is 0 Å². The second-order valence-electron chi connectivity index (χ2n) is 9.30. The molecule has 41 heavy (non-hydrogen) atoms. The molecule has 212 valence electrons. The van der Waals surface area contributed by atoms with Crippen LogP contribution in [0.2, 0.25) is 0 Å². The average molecular weight is 561 g/mol. The van der Waals surface area contributed by atoms with Crippen LogP contribution < -0.4 is 9.47 Å². The van der Waals surface area contributed by atoms with E-state index < -0.39 is 42.3 Å². The molecule has 5 rings (SSSR count). The number of carbonyl (C=O) groups excluding carboxylic acids is 3. The predicted molar refractivity (Wildman–Crippen MR) is 145 cm³/mol. The third kappa shape index (κ3) is 6.63. The fourth-order valence-electron chi connectivity index (χ4n) is 4.44. The van der Waals surface area contributed by atoms with E-state index in [0.717, 1.165) is 5.56 Å². The van der Waals surface area contributed by atoms with Crippen molar-refractivity contribution in [1.29, 1.82) is 0 Å². The fourth-order valence-corrected chi connectivity index (χ4v) is 4.44. The first-order valence-electron chi connectivity index (χ1n) is 12.9. The molecule has 3 aromatic rings. The molecule has 10 nitrogen and oxygen atoms in total. The van der Waals surface area contributed by atoms with E-state index in [2.05, 4.69) is 6.58 Å². The Balaban J connectivity index is 1.12. The van der Waals surface area contributed by atoms with Crippen LogP contribution in [0.15, 0.2) is 79.4 Å².